The lowest BCUT2D eigenvalue weighted by Crippen LogP contribution is -2.13. The van der Waals surface area contributed by atoms with Crippen LogP contribution in [0, 0.1) is 5.92 Å². The fourth-order valence-corrected chi connectivity index (χ4v) is 5.22. The Morgan fingerprint density at radius 1 is 1.00 bits per heavy atom. The second-order valence-corrected chi connectivity index (χ2v) is 8.29. The Hall–Kier alpha value is -1.66. The Morgan fingerprint density at radius 2 is 1.59 bits per heavy atom. The minimum atomic E-state index is -3.66. The van der Waals surface area contributed by atoms with Crippen LogP contribution < -0.4 is 0 Å². The molecule has 3 unspecified atom stereocenters. The number of carbonyl (C=O) groups is 1. The predicted molar refractivity (Wildman–Crippen MR) is 85.4 cm³/mol. The van der Waals surface area contributed by atoms with Crippen LogP contribution in [-0.4, -0.2) is 24.7 Å². The van der Waals surface area contributed by atoms with E-state index in [9.17, 15) is 18.3 Å². The lowest BCUT2D eigenvalue weighted by Gasteiger charge is -2.04. The average molecular weight is 381 g/mol. The first-order chi connectivity index (χ1) is 10.4. The molecule has 0 aromatic heterocycles. The van der Waals surface area contributed by atoms with Crippen LogP contribution in [0.2, 0.25) is 0 Å². The van der Waals surface area contributed by atoms with Gasteiger partial charge in [0, 0.05) is 10.4 Å². The van der Waals surface area contributed by atoms with Crippen LogP contribution in [0.25, 0.3) is 0 Å². The number of benzene rings is 2. The van der Waals surface area contributed by atoms with Gasteiger partial charge < -0.3 is 5.11 Å². The van der Waals surface area contributed by atoms with Gasteiger partial charge >= 0.3 is 5.97 Å². The summed E-state index contributed by atoms with van der Waals surface area (Å²) in [5.74, 6) is -2.47. The molecule has 6 heteroatoms. The van der Waals surface area contributed by atoms with Gasteiger partial charge in [-0.2, -0.15) is 0 Å². The summed E-state index contributed by atoms with van der Waals surface area (Å²) in [6, 6.07) is 15.1. The molecule has 1 N–H and O–H groups in total. The molecule has 0 radical (unpaired) electrons. The van der Waals surface area contributed by atoms with Gasteiger partial charge in [0.25, 0.3) is 0 Å². The van der Waals surface area contributed by atoms with Crippen LogP contribution in [0.4, 0.5) is 0 Å². The van der Waals surface area contributed by atoms with Crippen LogP contribution in [0.15, 0.2) is 64.0 Å². The second-order valence-electron chi connectivity index (χ2n) is 5.26. The third kappa shape index (κ3) is 2.57. The molecule has 1 aliphatic rings. The summed E-state index contributed by atoms with van der Waals surface area (Å²) < 4.78 is 26.2. The first-order valence-corrected chi connectivity index (χ1v) is 9.04. The minimum absolute atomic E-state index is 0.172. The van der Waals surface area contributed by atoms with Gasteiger partial charge in [-0.05, 0) is 29.8 Å². The SMILES string of the molecule is O=C(O)C1C(c2ccc(Br)cc2)C1S(=O)(=O)c1ccccc1. The Balaban J connectivity index is 1.99. The predicted octanol–water partition coefficient (Wildman–Crippen LogP) is 3.09. The number of carboxylic acids is 1. The molecule has 114 valence electrons. The molecule has 3 rings (SSSR count). The fraction of sp³-hybridized carbons (Fsp3) is 0.188. The number of aliphatic carboxylic acids is 1. The van der Waals surface area contributed by atoms with Crippen molar-refractivity contribution in [1.29, 1.82) is 0 Å². The maximum absolute atomic E-state index is 12.7. The molecular weight excluding hydrogens is 368 g/mol. The fourth-order valence-electron chi connectivity index (χ4n) is 2.81. The molecule has 1 aliphatic carbocycles. The van der Waals surface area contributed by atoms with E-state index in [4.69, 9.17) is 0 Å². The molecule has 0 amide bonds. The molecule has 0 bridgehead atoms. The van der Waals surface area contributed by atoms with E-state index in [0.717, 1.165) is 10.0 Å². The highest BCUT2D eigenvalue weighted by Crippen LogP contribution is 2.54. The van der Waals surface area contributed by atoms with Crippen molar-refractivity contribution < 1.29 is 18.3 Å². The maximum Gasteiger partial charge on any atom is 0.308 e. The van der Waals surface area contributed by atoms with E-state index in [-0.39, 0.29) is 4.90 Å². The number of sulfone groups is 1. The molecular formula is C16H13BrO4S. The van der Waals surface area contributed by atoms with Crippen LogP contribution in [0.3, 0.4) is 0 Å². The third-order valence-electron chi connectivity index (χ3n) is 3.92. The molecule has 1 fully saturated rings. The van der Waals surface area contributed by atoms with Gasteiger partial charge in [0.15, 0.2) is 9.84 Å². The maximum atomic E-state index is 12.7. The second kappa shape index (κ2) is 5.52. The average Bonchev–Trinajstić information content (AvgIpc) is 3.25. The van der Waals surface area contributed by atoms with E-state index < -0.39 is 32.9 Å². The van der Waals surface area contributed by atoms with Crippen molar-refractivity contribution in [2.75, 3.05) is 0 Å². The number of rotatable bonds is 4. The Morgan fingerprint density at radius 3 is 2.14 bits per heavy atom. The van der Waals surface area contributed by atoms with Gasteiger partial charge in [0.2, 0.25) is 0 Å². The summed E-state index contributed by atoms with van der Waals surface area (Å²) in [4.78, 5) is 11.6. The van der Waals surface area contributed by atoms with Crippen molar-refractivity contribution in [3.8, 4) is 0 Å². The zero-order valence-corrected chi connectivity index (χ0v) is 13.8. The quantitative estimate of drug-likeness (QED) is 0.884. The first kappa shape index (κ1) is 15.2. The van der Waals surface area contributed by atoms with E-state index >= 15 is 0 Å². The van der Waals surface area contributed by atoms with Gasteiger partial charge in [-0.15, -0.1) is 0 Å². The number of halogens is 1. The zero-order valence-electron chi connectivity index (χ0n) is 11.4. The first-order valence-electron chi connectivity index (χ1n) is 6.70. The summed E-state index contributed by atoms with van der Waals surface area (Å²) in [7, 11) is -3.66. The van der Waals surface area contributed by atoms with Gasteiger partial charge in [0.1, 0.15) is 0 Å². The van der Waals surface area contributed by atoms with Crippen LogP contribution in [0.1, 0.15) is 11.5 Å². The number of hydrogen-bond acceptors (Lipinski definition) is 3. The molecule has 3 atom stereocenters. The largest absolute Gasteiger partial charge is 0.481 e. The van der Waals surface area contributed by atoms with Gasteiger partial charge in [-0.3, -0.25) is 4.79 Å². The van der Waals surface area contributed by atoms with Crippen molar-refractivity contribution in [3.63, 3.8) is 0 Å². The highest BCUT2D eigenvalue weighted by Gasteiger charge is 2.63. The highest BCUT2D eigenvalue weighted by atomic mass is 79.9. The van der Waals surface area contributed by atoms with E-state index in [1.54, 1.807) is 42.5 Å². The van der Waals surface area contributed by atoms with Crippen molar-refractivity contribution in [3.05, 3.63) is 64.6 Å². The standard InChI is InChI=1S/C16H13BrO4S/c17-11-8-6-10(7-9-11)13-14(16(18)19)15(13)22(20,21)12-4-2-1-3-5-12/h1-9,13-15H,(H,18,19). The molecule has 0 spiro atoms. The van der Waals surface area contributed by atoms with E-state index in [1.165, 1.54) is 12.1 Å². The number of carboxylic acid groups (broad SMARTS) is 1. The Bertz CT molecular complexity index is 800. The summed E-state index contributed by atoms with van der Waals surface area (Å²) in [6.07, 6.45) is 0. The molecule has 1 saturated carbocycles. The normalized spacial score (nSPS) is 24.0. The summed E-state index contributed by atoms with van der Waals surface area (Å²) >= 11 is 3.32. The zero-order chi connectivity index (χ0) is 15.9. The molecule has 0 aliphatic heterocycles. The monoisotopic (exact) mass is 380 g/mol. The van der Waals surface area contributed by atoms with Crippen LogP contribution >= 0.6 is 15.9 Å². The van der Waals surface area contributed by atoms with Gasteiger partial charge in [0.05, 0.1) is 16.1 Å². The highest BCUT2D eigenvalue weighted by molar-refractivity contribution is 9.10. The molecule has 2 aromatic carbocycles. The Labute approximate surface area is 136 Å². The van der Waals surface area contributed by atoms with E-state index in [2.05, 4.69) is 15.9 Å². The summed E-state index contributed by atoms with van der Waals surface area (Å²) in [6.45, 7) is 0. The van der Waals surface area contributed by atoms with Crippen LogP contribution in [0.5, 0.6) is 0 Å². The minimum Gasteiger partial charge on any atom is -0.481 e. The topological polar surface area (TPSA) is 71.4 Å². The smallest absolute Gasteiger partial charge is 0.308 e. The third-order valence-corrected chi connectivity index (χ3v) is 6.68. The molecule has 4 nitrogen and oxygen atoms in total. The van der Waals surface area contributed by atoms with E-state index in [1.807, 2.05) is 0 Å². The summed E-state index contributed by atoms with van der Waals surface area (Å²) in [5.41, 5.74) is 0.736. The van der Waals surface area contributed by atoms with Gasteiger partial charge in [-0.25, -0.2) is 8.42 Å². The summed E-state index contributed by atoms with van der Waals surface area (Å²) in [5, 5.41) is 8.44. The molecule has 2 aromatic rings. The Kier molecular flexibility index (Phi) is 3.82. The molecule has 22 heavy (non-hydrogen) atoms. The van der Waals surface area contributed by atoms with E-state index in [0.29, 0.717) is 0 Å². The van der Waals surface area contributed by atoms with Crippen molar-refractivity contribution >= 4 is 31.7 Å². The van der Waals surface area contributed by atoms with Crippen molar-refractivity contribution in [1.82, 2.24) is 0 Å². The molecule has 0 saturated heterocycles. The van der Waals surface area contributed by atoms with Crippen molar-refractivity contribution in [2.45, 2.75) is 16.1 Å². The lowest BCUT2D eigenvalue weighted by atomic mass is 10.1. The van der Waals surface area contributed by atoms with Gasteiger partial charge in [-0.1, -0.05) is 46.3 Å². The molecule has 0 heterocycles. The lowest BCUT2D eigenvalue weighted by molar-refractivity contribution is -0.138. The number of hydrogen-bond donors (Lipinski definition) is 1. The van der Waals surface area contributed by atoms with Crippen LogP contribution in [-0.2, 0) is 14.6 Å². The van der Waals surface area contributed by atoms with Crippen molar-refractivity contribution in [2.24, 2.45) is 5.92 Å².